The van der Waals surface area contributed by atoms with Crippen LogP contribution >= 0.6 is 12.4 Å². The molecule has 0 aromatic rings. The van der Waals surface area contributed by atoms with Gasteiger partial charge in [0.15, 0.2) is 0 Å². The smallest absolute Gasteiger partial charge is 0.249 e. The molecule has 66 valence electrons. The van der Waals surface area contributed by atoms with Gasteiger partial charge in [-0.1, -0.05) is 6.92 Å². The molecule has 0 saturated heterocycles. The van der Waals surface area contributed by atoms with Crippen molar-refractivity contribution >= 4 is 18.3 Å². The Morgan fingerprint density at radius 3 is 2.64 bits per heavy atom. The Hall–Kier alpha value is -0.280. The number of hydrogen-bond donors (Lipinski definition) is 2. The minimum absolute atomic E-state index is 0. The molecule has 0 heterocycles. The lowest BCUT2D eigenvalue weighted by molar-refractivity contribution is -0.129. The Balaban J connectivity index is 0.000001000. The topological polar surface area (TPSA) is 49.3 Å². The fraction of sp³-hybridized carbons (Fsp3) is 0.857. The van der Waals surface area contributed by atoms with Gasteiger partial charge in [-0.2, -0.15) is 0 Å². The number of aliphatic hydroxyl groups is 1. The van der Waals surface area contributed by atoms with Gasteiger partial charge in [0.2, 0.25) is 5.91 Å². The van der Waals surface area contributed by atoms with Crippen LogP contribution in [0, 0.1) is 0 Å². The van der Waals surface area contributed by atoms with Crippen LogP contribution in [0.4, 0.5) is 0 Å². The highest BCUT2D eigenvalue weighted by molar-refractivity contribution is 5.85. The maximum absolute atomic E-state index is 10.9. The summed E-state index contributed by atoms with van der Waals surface area (Å²) in [6, 6.07) is 0.355. The molecular weight excluding hydrogens is 166 g/mol. The maximum atomic E-state index is 10.9. The summed E-state index contributed by atoms with van der Waals surface area (Å²) >= 11 is 0. The summed E-state index contributed by atoms with van der Waals surface area (Å²) in [6.07, 6.45) is 1.84. The molecule has 1 aliphatic carbocycles. The fourth-order valence-corrected chi connectivity index (χ4v) is 0.710. The zero-order valence-electron chi connectivity index (χ0n) is 6.54. The van der Waals surface area contributed by atoms with E-state index in [-0.39, 0.29) is 18.3 Å². The van der Waals surface area contributed by atoms with Crippen LogP contribution in [-0.4, -0.2) is 23.2 Å². The van der Waals surface area contributed by atoms with E-state index in [2.05, 4.69) is 5.32 Å². The van der Waals surface area contributed by atoms with Gasteiger partial charge in [0.05, 0.1) is 0 Å². The van der Waals surface area contributed by atoms with Crippen LogP contribution in [0.15, 0.2) is 0 Å². The number of carbonyl (C=O) groups is 1. The van der Waals surface area contributed by atoms with Crippen molar-refractivity contribution in [2.45, 2.75) is 38.3 Å². The quantitative estimate of drug-likeness (QED) is 0.662. The van der Waals surface area contributed by atoms with Gasteiger partial charge in [0.25, 0.3) is 0 Å². The zero-order chi connectivity index (χ0) is 7.56. The molecule has 1 unspecified atom stereocenters. The van der Waals surface area contributed by atoms with Gasteiger partial charge >= 0.3 is 0 Å². The molecule has 1 aliphatic rings. The summed E-state index contributed by atoms with van der Waals surface area (Å²) in [5, 5.41) is 11.7. The molecule has 2 N–H and O–H groups in total. The van der Waals surface area contributed by atoms with Gasteiger partial charge in [0, 0.05) is 6.04 Å². The van der Waals surface area contributed by atoms with Gasteiger partial charge in [0.1, 0.15) is 6.10 Å². The molecule has 1 saturated carbocycles. The third-order valence-electron chi connectivity index (χ3n) is 1.61. The molecule has 1 atom stereocenters. The summed E-state index contributed by atoms with van der Waals surface area (Å²) < 4.78 is 0. The van der Waals surface area contributed by atoms with Crippen LogP contribution in [0.3, 0.4) is 0 Å². The summed E-state index contributed by atoms with van der Waals surface area (Å²) in [5.74, 6) is -0.218. The first-order valence-electron chi connectivity index (χ1n) is 3.72. The lowest BCUT2D eigenvalue weighted by Gasteiger charge is -2.06. The van der Waals surface area contributed by atoms with Gasteiger partial charge in [-0.3, -0.25) is 4.79 Å². The second-order valence-corrected chi connectivity index (χ2v) is 2.71. The predicted molar refractivity (Wildman–Crippen MR) is 44.7 cm³/mol. The first kappa shape index (κ1) is 10.7. The van der Waals surface area contributed by atoms with Crippen LogP contribution in [0.1, 0.15) is 26.2 Å². The third-order valence-corrected chi connectivity index (χ3v) is 1.61. The highest BCUT2D eigenvalue weighted by Gasteiger charge is 2.25. The van der Waals surface area contributed by atoms with E-state index in [1.54, 1.807) is 6.92 Å². The number of amides is 1. The maximum Gasteiger partial charge on any atom is 0.249 e. The van der Waals surface area contributed by atoms with Gasteiger partial charge in [-0.05, 0) is 19.3 Å². The predicted octanol–water partition coefficient (Wildman–Crippen LogP) is 0.458. The molecule has 1 amide bonds. The van der Waals surface area contributed by atoms with E-state index in [0.29, 0.717) is 12.5 Å². The Labute approximate surface area is 72.6 Å². The second-order valence-electron chi connectivity index (χ2n) is 2.71. The van der Waals surface area contributed by atoms with E-state index in [4.69, 9.17) is 5.11 Å². The molecule has 0 bridgehead atoms. The lowest BCUT2D eigenvalue weighted by Crippen LogP contribution is -2.35. The number of halogens is 1. The average molecular weight is 180 g/mol. The van der Waals surface area contributed by atoms with Crippen molar-refractivity contribution < 1.29 is 9.90 Å². The first-order chi connectivity index (χ1) is 4.74. The van der Waals surface area contributed by atoms with Crippen molar-refractivity contribution in [2.75, 3.05) is 0 Å². The molecule has 0 aromatic carbocycles. The Kier molecular flexibility index (Phi) is 4.45. The average Bonchev–Trinajstić information content (AvgIpc) is 2.70. The van der Waals surface area contributed by atoms with E-state index in [1.807, 2.05) is 0 Å². The van der Waals surface area contributed by atoms with Crippen LogP contribution in [0.5, 0.6) is 0 Å². The lowest BCUT2D eigenvalue weighted by atomic mass is 10.2. The summed E-state index contributed by atoms with van der Waals surface area (Å²) in [5.41, 5.74) is 0. The molecule has 11 heavy (non-hydrogen) atoms. The molecule has 1 rings (SSSR count). The van der Waals surface area contributed by atoms with Crippen LogP contribution in [0.2, 0.25) is 0 Å². The monoisotopic (exact) mass is 179 g/mol. The minimum atomic E-state index is -0.805. The highest BCUT2D eigenvalue weighted by atomic mass is 35.5. The van der Waals surface area contributed by atoms with Crippen LogP contribution in [-0.2, 0) is 4.79 Å². The summed E-state index contributed by atoms with van der Waals surface area (Å²) in [7, 11) is 0. The largest absolute Gasteiger partial charge is 0.383 e. The minimum Gasteiger partial charge on any atom is -0.383 e. The number of hydrogen-bond acceptors (Lipinski definition) is 2. The van der Waals surface area contributed by atoms with Crippen molar-refractivity contribution in [2.24, 2.45) is 0 Å². The number of nitrogens with one attached hydrogen (secondary N) is 1. The van der Waals surface area contributed by atoms with Crippen molar-refractivity contribution in [1.29, 1.82) is 0 Å². The molecular formula is C7H14ClNO2. The van der Waals surface area contributed by atoms with Gasteiger partial charge in [-0.25, -0.2) is 0 Å². The number of rotatable bonds is 3. The normalized spacial score (nSPS) is 18.4. The third kappa shape index (κ3) is 3.58. The SMILES string of the molecule is CCC(O)C(=O)NC1CC1.Cl. The van der Waals surface area contributed by atoms with E-state index >= 15 is 0 Å². The molecule has 4 heteroatoms. The molecule has 0 spiro atoms. The first-order valence-corrected chi connectivity index (χ1v) is 3.72. The Morgan fingerprint density at radius 2 is 2.27 bits per heavy atom. The Bertz CT molecular complexity index is 136. The highest BCUT2D eigenvalue weighted by Crippen LogP contribution is 2.18. The standard InChI is InChI=1S/C7H13NO2.ClH/c1-2-6(9)7(10)8-5-3-4-5;/h5-6,9H,2-4H2,1H3,(H,8,10);1H. The molecule has 0 radical (unpaired) electrons. The molecule has 3 nitrogen and oxygen atoms in total. The van der Waals surface area contributed by atoms with Gasteiger partial charge in [-0.15, -0.1) is 12.4 Å². The number of aliphatic hydroxyl groups excluding tert-OH is 1. The van der Waals surface area contributed by atoms with Crippen molar-refractivity contribution in [3.8, 4) is 0 Å². The van der Waals surface area contributed by atoms with E-state index in [1.165, 1.54) is 0 Å². The summed E-state index contributed by atoms with van der Waals surface area (Å²) in [4.78, 5) is 10.9. The van der Waals surface area contributed by atoms with E-state index in [0.717, 1.165) is 12.8 Å². The fourth-order valence-electron chi connectivity index (χ4n) is 0.710. The second kappa shape index (κ2) is 4.57. The molecule has 0 aliphatic heterocycles. The summed E-state index contributed by atoms with van der Waals surface area (Å²) in [6.45, 7) is 1.79. The van der Waals surface area contributed by atoms with E-state index < -0.39 is 6.10 Å². The van der Waals surface area contributed by atoms with Crippen molar-refractivity contribution in [3.05, 3.63) is 0 Å². The number of carbonyl (C=O) groups excluding carboxylic acids is 1. The van der Waals surface area contributed by atoms with Crippen LogP contribution < -0.4 is 5.32 Å². The Morgan fingerprint density at radius 1 is 1.73 bits per heavy atom. The van der Waals surface area contributed by atoms with Crippen LogP contribution in [0.25, 0.3) is 0 Å². The van der Waals surface area contributed by atoms with Crippen molar-refractivity contribution in [1.82, 2.24) is 5.32 Å². The van der Waals surface area contributed by atoms with Crippen molar-refractivity contribution in [3.63, 3.8) is 0 Å². The van der Waals surface area contributed by atoms with E-state index in [9.17, 15) is 4.79 Å². The zero-order valence-corrected chi connectivity index (χ0v) is 7.36. The van der Waals surface area contributed by atoms with Gasteiger partial charge < -0.3 is 10.4 Å². The molecule has 1 fully saturated rings. The molecule has 0 aromatic heterocycles.